The van der Waals surface area contributed by atoms with Gasteiger partial charge in [0.15, 0.2) is 0 Å². The number of sulfone groups is 1. The van der Waals surface area contributed by atoms with Crippen molar-refractivity contribution >= 4 is 38.3 Å². The molecular weight excluding hydrogens is 502 g/mol. The average molecular weight is 536 g/mol. The van der Waals surface area contributed by atoms with Gasteiger partial charge < -0.3 is 19.7 Å². The molecule has 1 amide bonds. The number of rotatable bonds is 7. The van der Waals surface area contributed by atoms with Gasteiger partial charge in [-0.1, -0.05) is 6.07 Å². The zero-order valence-electron chi connectivity index (χ0n) is 21.6. The fraction of sp³-hybridized carbons (Fsp3) is 0.481. The number of hydrogen-bond donors (Lipinski definition) is 1. The van der Waals surface area contributed by atoms with E-state index in [9.17, 15) is 13.2 Å². The van der Waals surface area contributed by atoms with E-state index in [4.69, 9.17) is 10.2 Å². The molecule has 0 radical (unpaired) electrons. The van der Waals surface area contributed by atoms with Crippen molar-refractivity contribution in [3.05, 3.63) is 42.7 Å². The lowest BCUT2D eigenvalue weighted by molar-refractivity contribution is -0.130. The number of fused-ring (bicyclic) bond motifs is 1. The minimum atomic E-state index is -2.94. The van der Waals surface area contributed by atoms with E-state index in [1.165, 1.54) is 6.26 Å². The van der Waals surface area contributed by atoms with Crippen molar-refractivity contribution in [1.82, 2.24) is 19.4 Å². The Morgan fingerprint density at radius 1 is 1.11 bits per heavy atom. The summed E-state index contributed by atoms with van der Waals surface area (Å²) in [6.07, 6.45) is 8.59. The van der Waals surface area contributed by atoms with Crippen LogP contribution in [0.2, 0.25) is 0 Å². The highest BCUT2D eigenvalue weighted by atomic mass is 32.2. The van der Waals surface area contributed by atoms with Crippen molar-refractivity contribution in [3.63, 3.8) is 0 Å². The Labute approximate surface area is 223 Å². The molecule has 0 spiro atoms. The van der Waals surface area contributed by atoms with Crippen LogP contribution < -0.4 is 10.2 Å². The van der Waals surface area contributed by atoms with Gasteiger partial charge in [-0.3, -0.25) is 4.79 Å². The summed E-state index contributed by atoms with van der Waals surface area (Å²) in [5, 5.41) is 13.4. The minimum Gasteiger partial charge on any atom is -0.367 e. The van der Waals surface area contributed by atoms with Crippen molar-refractivity contribution in [2.45, 2.75) is 38.1 Å². The Balaban J connectivity index is 1.28. The maximum absolute atomic E-state index is 12.1. The summed E-state index contributed by atoms with van der Waals surface area (Å²) < 4.78 is 25.3. The van der Waals surface area contributed by atoms with Crippen LogP contribution >= 0.6 is 0 Å². The third-order valence-electron chi connectivity index (χ3n) is 7.52. The topological polar surface area (TPSA) is 124 Å². The second kappa shape index (κ2) is 11.0. The maximum atomic E-state index is 12.1. The zero-order chi connectivity index (χ0) is 26.7. The molecule has 11 heteroatoms. The first-order valence-corrected chi connectivity index (χ1v) is 15.1. The highest BCUT2D eigenvalue weighted by Crippen LogP contribution is 2.31. The lowest BCUT2D eigenvalue weighted by Crippen LogP contribution is -2.48. The van der Waals surface area contributed by atoms with Crippen molar-refractivity contribution in [3.8, 4) is 11.9 Å². The molecule has 1 aliphatic heterocycles. The van der Waals surface area contributed by atoms with Gasteiger partial charge in [-0.15, -0.1) is 0 Å². The molecule has 1 saturated heterocycles. The summed E-state index contributed by atoms with van der Waals surface area (Å²) in [6.45, 7) is 2.65. The first-order valence-electron chi connectivity index (χ1n) is 13.1. The van der Waals surface area contributed by atoms with Crippen molar-refractivity contribution in [2.24, 2.45) is 5.92 Å². The normalized spacial score (nSPS) is 20.3. The van der Waals surface area contributed by atoms with Crippen LogP contribution in [-0.4, -0.2) is 78.0 Å². The number of anilines is 2. The molecule has 3 aromatic rings. The molecule has 1 N–H and O–H groups in total. The lowest BCUT2D eigenvalue weighted by Gasteiger charge is -2.36. The van der Waals surface area contributed by atoms with E-state index in [0.29, 0.717) is 19.0 Å². The number of piperazine rings is 1. The second-order valence-electron chi connectivity index (χ2n) is 10.3. The van der Waals surface area contributed by atoms with Crippen molar-refractivity contribution in [1.29, 1.82) is 5.26 Å². The molecule has 0 bridgehead atoms. The first-order chi connectivity index (χ1) is 18.3. The van der Waals surface area contributed by atoms with E-state index in [1.807, 2.05) is 24.4 Å². The number of nitrogens with zero attached hydrogens (tertiary/aromatic N) is 6. The standard InChI is InChI=1S/C27H33N7O3S/c1-38(36,37)19-20-5-7-21(8-6-20)30-27-29-13-10-25(31-27)34-14-11-22-23(3-2-4-24(22)34)32-15-17-33(18-16-32)26(35)9-12-28/h2-4,10-11,13-14,20-21H,5-9,15-19H2,1H3,(H,29,30,31). The quantitative estimate of drug-likeness (QED) is 0.490. The van der Waals surface area contributed by atoms with Gasteiger partial charge in [0.05, 0.1) is 17.3 Å². The Morgan fingerprint density at radius 2 is 1.87 bits per heavy atom. The third kappa shape index (κ3) is 5.91. The van der Waals surface area contributed by atoms with Crippen LogP contribution in [0.5, 0.6) is 0 Å². The summed E-state index contributed by atoms with van der Waals surface area (Å²) in [5.41, 5.74) is 2.16. The van der Waals surface area contributed by atoms with Gasteiger partial charge >= 0.3 is 0 Å². The predicted octanol–water partition coefficient (Wildman–Crippen LogP) is 3.00. The van der Waals surface area contributed by atoms with Crippen molar-refractivity contribution < 1.29 is 13.2 Å². The number of hydrogen-bond acceptors (Lipinski definition) is 8. The summed E-state index contributed by atoms with van der Waals surface area (Å²) in [4.78, 5) is 25.3. The third-order valence-corrected chi connectivity index (χ3v) is 8.60. The van der Waals surface area contributed by atoms with E-state index in [0.717, 1.165) is 61.2 Å². The Morgan fingerprint density at radius 3 is 2.58 bits per heavy atom. The van der Waals surface area contributed by atoms with E-state index in [-0.39, 0.29) is 30.0 Å². The lowest BCUT2D eigenvalue weighted by atomic mass is 9.87. The SMILES string of the molecule is CS(=O)(=O)CC1CCC(Nc2nccc(-n3ccc4c(N5CCN(C(=O)CC#N)CC5)cccc43)n2)CC1. The molecule has 1 aliphatic carbocycles. The number of aromatic nitrogens is 3. The highest BCUT2D eigenvalue weighted by molar-refractivity contribution is 7.90. The number of carbonyl (C=O) groups is 1. The summed E-state index contributed by atoms with van der Waals surface area (Å²) in [6, 6.07) is 12.4. The molecule has 2 fully saturated rings. The minimum absolute atomic E-state index is 0.0708. The number of carbonyl (C=O) groups excluding carboxylic acids is 1. The van der Waals surface area contributed by atoms with Gasteiger partial charge in [-0.25, -0.2) is 13.4 Å². The molecule has 3 heterocycles. The van der Waals surface area contributed by atoms with E-state index in [1.54, 1.807) is 11.1 Å². The largest absolute Gasteiger partial charge is 0.367 e. The molecule has 1 aromatic carbocycles. The Hall–Kier alpha value is -3.65. The van der Waals surface area contributed by atoms with Crippen LogP contribution in [-0.2, 0) is 14.6 Å². The van der Waals surface area contributed by atoms with Crippen molar-refractivity contribution in [2.75, 3.05) is 48.4 Å². The van der Waals surface area contributed by atoms with E-state index in [2.05, 4.69) is 38.0 Å². The summed E-state index contributed by atoms with van der Waals surface area (Å²) in [5.74, 6) is 1.74. The van der Waals surface area contributed by atoms with Crippen LogP contribution in [0.1, 0.15) is 32.1 Å². The monoisotopic (exact) mass is 535 g/mol. The van der Waals surface area contributed by atoms with E-state index < -0.39 is 9.84 Å². The van der Waals surface area contributed by atoms with Crippen LogP contribution in [0.3, 0.4) is 0 Å². The molecule has 200 valence electrons. The summed E-state index contributed by atoms with van der Waals surface area (Å²) in [7, 11) is -2.94. The second-order valence-corrected chi connectivity index (χ2v) is 12.5. The Bertz CT molecular complexity index is 1450. The van der Waals surface area contributed by atoms with Gasteiger partial charge in [0.2, 0.25) is 11.9 Å². The highest BCUT2D eigenvalue weighted by Gasteiger charge is 2.25. The van der Waals surface area contributed by atoms with Crippen LogP contribution in [0.25, 0.3) is 16.7 Å². The zero-order valence-corrected chi connectivity index (χ0v) is 22.4. The van der Waals surface area contributed by atoms with Crippen LogP contribution in [0, 0.1) is 17.2 Å². The predicted molar refractivity (Wildman–Crippen MR) is 147 cm³/mol. The van der Waals surface area contributed by atoms with Gasteiger partial charge in [-0.05, 0) is 55.9 Å². The van der Waals surface area contributed by atoms with E-state index >= 15 is 0 Å². The number of nitriles is 1. The molecule has 10 nitrogen and oxygen atoms in total. The van der Waals surface area contributed by atoms with Gasteiger partial charge in [0, 0.05) is 61.9 Å². The van der Waals surface area contributed by atoms with Gasteiger partial charge in [0.25, 0.3) is 0 Å². The van der Waals surface area contributed by atoms with Crippen LogP contribution in [0.4, 0.5) is 11.6 Å². The molecule has 1 saturated carbocycles. The number of nitrogens with one attached hydrogen (secondary N) is 1. The number of benzene rings is 1. The molecule has 2 aliphatic rings. The molecular formula is C27H33N7O3S. The molecule has 0 unspecified atom stereocenters. The fourth-order valence-electron chi connectivity index (χ4n) is 5.64. The van der Waals surface area contributed by atoms with Gasteiger partial charge in [0.1, 0.15) is 22.1 Å². The maximum Gasteiger partial charge on any atom is 0.236 e. The average Bonchev–Trinajstić information content (AvgIpc) is 3.34. The van der Waals surface area contributed by atoms with Gasteiger partial charge in [-0.2, -0.15) is 10.2 Å². The molecule has 0 atom stereocenters. The first kappa shape index (κ1) is 26.0. The molecule has 5 rings (SSSR count). The fourth-order valence-corrected chi connectivity index (χ4v) is 6.83. The molecule has 2 aromatic heterocycles. The number of amides is 1. The smallest absolute Gasteiger partial charge is 0.236 e. The Kier molecular flexibility index (Phi) is 7.51. The molecule has 38 heavy (non-hydrogen) atoms. The summed E-state index contributed by atoms with van der Waals surface area (Å²) >= 11 is 0. The van der Waals surface area contributed by atoms with Crippen LogP contribution in [0.15, 0.2) is 42.7 Å².